The molecule has 0 unspecified atom stereocenters. The summed E-state index contributed by atoms with van der Waals surface area (Å²) in [5.74, 6) is -0.831. The zero-order chi connectivity index (χ0) is 11.8. The van der Waals surface area contributed by atoms with Gasteiger partial charge in [0.1, 0.15) is 4.88 Å². The first-order chi connectivity index (χ1) is 8.24. The average molecular weight is 264 g/mol. The van der Waals surface area contributed by atoms with Gasteiger partial charge in [-0.15, -0.1) is 22.7 Å². The van der Waals surface area contributed by atoms with E-state index in [0.717, 1.165) is 4.88 Å². The molecule has 2 aromatic heterocycles. The fraction of sp³-hybridized carbons (Fsp3) is 0.308. The second-order valence-corrected chi connectivity index (χ2v) is 6.46. The summed E-state index contributed by atoms with van der Waals surface area (Å²) in [6, 6.07) is 5.86. The van der Waals surface area contributed by atoms with E-state index in [0.29, 0.717) is 4.88 Å². The minimum absolute atomic E-state index is 0.423. The lowest BCUT2D eigenvalue weighted by Crippen LogP contribution is -1.96. The fourth-order valence-electron chi connectivity index (χ4n) is 2.20. The van der Waals surface area contributed by atoms with Crippen LogP contribution in [0.1, 0.15) is 33.0 Å². The van der Waals surface area contributed by atoms with Gasteiger partial charge in [-0.25, -0.2) is 4.79 Å². The van der Waals surface area contributed by atoms with E-state index >= 15 is 0 Å². The number of hydrogen-bond acceptors (Lipinski definition) is 3. The number of carbonyl (C=O) groups is 1. The third-order valence-corrected chi connectivity index (χ3v) is 5.56. The van der Waals surface area contributed by atoms with Gasteiger partial charge >= 0.3 is 5.97 Å². The maximum atomic E-state index is 10.9. The molecule has 0 bridgehead atoms. The van der Waals surface area contributed by atoms with Crippen LogP contribution in [0.15, 0.2) is 18.2 Å². The van der Waals surface area contributed by atoms with Crippen molar-refractivity contribution in [2.75, 3.05) is 0 Å². The SMILES string of the molecule is O=C(O)c1ccc(-c2cc3c(s2)CCCC3)s1. The van der Waals surface area contributed by atoms with Crippen LogP contribution in [0.3, 0.4) is 0 Å². The van der Waals surface area contributed by atoms with Gasteiger partial charge in [-0.3, -0.25) is 0 Å². The zero-order valence-electron chi connectivity index (χ0n) is 9.23. The van der Waals surface area contributed by atoms with Crippen LogP contribution in [-0.4, -0.2) is 11.1 Å². The van der Waals surface area contributed by atoms with Gasteiger partial charge in [-0.05, 0) is 49.4 Å². The van der Waals surface area contributed by atoms with Gasteiger partial charge in [0.15, 0.2) is 0 Å². The summed E-state index contributed by atoms with van der Waals surface area (Å²) in [5, 5.41) is 8.92. The summed E-state index contributed by atoms with van der Waals surface area (Å²) in [7, 11) is 0. The van der Waals surface area contributed by atoms with E-state index in [9.17, 15) is 4.79 Å². The molecule has 0 amide bonds. The Labute approximate surface area is 108 Å². The van der Waals surface area contributed by atoms with Crippen molar-refractivity contribution in [1.29, 1.82) is 0 Å². The molecule has 0 saturated heterocycles. The Morgan fingerprint density at radius 2 is 1.94 bits per heavy atom. The highest BCUT2D eigenvalue weighted by Crippen LogP contribution is 2.38. The van der Waals surface area contributed by atoms with Crippen molar-refractivity contribution in [3.05, 3.63) is 33.5 Å². The van der Waals surface area contributed by atoms with Crippen LogP contribution in [0, 0.1) is 0 Å². The predicted molar refractivity (Wildman–Crippen MR) is 71.2 cm³/mol. The van der Waals surface area contributed by atoms with Crippen molar-refractivity contribution in [2.45, 2.75) is 25.7 Å². The van der Waals surface area contributed by atoms with Crippen molar-refractivity contribution >= 4 is 28.6 Å². The number of hydrogen-bond donors (Lipinski definition) is 1. The topological polar surface area (TPSA) is 37.3 Å². The Morgan fingerprint density at radius 1 is 1.12 bits per heavy atom. The summed E-state index contributed by atoms with van der Waals surface area (Å²) in [6.07, 6.45) is 4.95. The second-order valence-electron chi connectivity index (χ2n) is 4.24. The molecule has 2 heterocycles. The molecule has 0 atom stereocenters. The molecular formula is C13H12O2S2. The van der Waals surface area contributed by atoms with Gasteiger partial charge in [0.2, 0.25) is 0 Å². The van der Waals surface area contributed by atoms with Crippen molar-refractivity contribution in [3.8, 4) is 9.75 Å². The monoisotopic (exact) mass is 264 g/mol. The number of rotatable bonds is 2. The van der Waals surface area contributed by atoms with Crippen molar-refractivity contribution < 1.29 is 9.90 Å². The molecule has 0 fully saturated rings. The van der Waals surface area contributed by atoms with Crippen molar-refractivity contribution in [1.82, 2.24) is 0 Å². The Bertz CT molecular complexity index is 542. The van der Waals surface area contributed by atoms with E-state index in [-0.39, 0.29) is 0 Å². The highest BCUT2D eigenvalue weighted by Gasteiger charge is 2.16. The lowest BCUT2D eigenvalue weighted by molar-refractivity contribution is 0.0702. The Morgan fingerprint density at radius 3 is 2.65 bits per heavy atom. The standard InChI is InChI=1S/C13H12O2S2/c14-13(15)11-6-5-10(17-11)12-7-8-3-1-2-4-9(8)16-12/h5-7H,1-4H2,(H,14,15). The number of thiophene rings is 2. The molecule has 2 nitrogen and oxygen atoms in total. The molecule has 0 saturated carbocycles. The fourth-order valence-corrected chi connectivity index (χ4v) is 4.38. The average Bonchev–Trinajstić information content (AvgIpc) is 2.95. The molecule has 1 N–H and O–H groups in total. The molecule has 4 heteroatoms. The van der Waals surface area contributed by atoms with Crippen LogP contribution >= 0.6 is 22.7 Å². The van der Waals surface area contributed by atoms with Crippen molar-refractivity contribution in [3.63, 3.8) is 0 Å². The molecule has 1 aliphatic rings. The minimum Gasteiger partial charge on any atom is -0.477 e. The van der Waals surface area contributed by atoms with Gasteiger partial charge in [0, 0.05) is 14.6 Å². The summed E-state index contributed by atoms with van der Waals surface area (Å²) in [6.45, 7) is 0. The first-order valence-electron chi connectivity index (χ1n) is 5.69. The van der Waals surface area contributed by atoms with Crippen LogP contribution in [0.2, 0.25) is 0 Å². The van der Waals surface area contributed by atoms with E-state index in [1.807, 2.05) is 17.4 Å². The molecule has 0 aromatic carbocycles. The largest absolute Gasteiger partial charge is 0.477 e. The number of carboxylic acids is 1. The quantitative estimate of drug-likeness (QED) is 0.888. The lowest BCUT2D eigenvalue weighted by Gasteiger charge is -2.08. The Hall–Kier alpha value is -1.13. The number of fused-ring (bicyclic) bond motifs is 1. The summed E-state index contributed by atoms with van der Waals surface area (Å²) in [5.41, 5.74) is 1.47. The summed E-state index contributed by atoms with van der Waals surface area (Å²) < 4.78 is 0. The summed E-state index contributed by atoms with van der Waals surface area (Å²) >= 11 is 3.20. The third-order valence-electron chi connectivity index (χ3n) is 3.06. The molecular weight excluding hydrogens is 252 g/mol. The van der Waals surface area contributed by atoms with Gasteiger partial charge in [0.25, 0.3) is 0 Å². The molecule has 0 spiro atoms. The van der Waals surface area contributed by atoms with E-state index in [2.05, 4.69) is 6.07 Å². The smallest absolute Gasteiger partial charge is 0.345 e. The van der Waals surface area contributed by atoms with E-state index in [1.165, 1.54) is 52.3 Å². The molecule has 2 aromatic rings. The van der Waals surface area contributed by atoms with Gasteiger partial charge in [-0.1, -0.05) is 0 Å². The van der Waals surface area contributed by atoms with E-state index in [4.69, 9.17) is 5.11 Å². The molecule has 17 heavy (non-hydrogen) atoms. The maximum absolute atomic E-state index is 10.9. The van der Waals surface area contributed by atoms with Crippen LogP contribution < -0.4 is 0 Å². The van der Waals surface area contributed by atoms with Gasteiger partial charge < -0.3 is 5.11 Å². The molecule has 0 radical (unpaired) electrons. The molecule has 3 rings (SSSR count). The highest BCUT2D eigenvalue weighted by molar-refractivity contribution is 7.23. The minimum atomic E-state index is -0.831. The molecule has 0 aliphatic heterocycles. The Kier molecular flexibility index (Phi) is 2.76. The lowest BCUT2D eigenvalue weighted by atomic mass is 9.99. The molecule has 88 valence electrons. The first kappa shape index (κ1) is 11.0. The number of carboxylic acid groups (broad SMARTS) is 1. The Balaban J connectivity index is 1.97. The van der Waals surface area contributed by atoms with Gasteiger partial charge in [-0.2, -0.15) is 0 Å². The highest BCUT2D eigenvalue weighted by atomic mass is 32.1. The number of aromatic carboxylic acids is 1. The van der Waals surface area contributed by atoms with Crippen LogP contribution in [0.5, 0.6) is 0 Å². The normalized spacial score (nSPS) is 14.6. The summed E-state index contributed by atoms with van der Waals surface area (Å²) in [4.78, 5) is 15.1. The van der Waals surface area contributed by atoms with Crippen LogP contribution in [0.4, 0.5) is 0 Å². The second kappa shape index (κ2) is 4.27. The van der Waals surface area contributed by atoms with Crippen LogP contribution in [0.25, 0.3) is 9.75 Å². The zero-order valence-corrected chi connectivity index (χ0v) is 10.9. The van der Waals surface area contributed by atoms with Gasteiger partial charge in [0.05, 0.1) is 0 Å². The molecule has 1 aliphatic carbocycles. The predicted octanol–water partition coefficient (Wildman–Crippen LogP) is 4.05. The van der Waals surface area contributed by atoms with Crippen molar-refractivity contribution in [2.24, 2.45) is 0 Å². The maximum Gasteiger partial charge on any atom is 0.345 e. The number of aryl methyl sites for hydroxylation is 2. The van der Waals surface area contributed by atoms with Crippen LogP contribution in [-0.2, 0) is 12.8 Å². The van der Waals surface area contributed by atoms with E-state index < -0.39 is 5.97 Å². The third kappa shape index (κ3) is 2.03. The van der Waals surface area contributed by atoms with E-state index in [1.54, 1.807) is 6.07 Å². The first-order valence-corrected chi connectivity index (χ1v) is 7.32.